The van der Waals surface area contributed by atoms with Crippen molar-refractivity contribution >= 4 is 29.5 Å². The number of rotatable bonds is 9. The largest absolute Gasteiger partial charge is 0.461 e. The maximum absolute atomic E-state index is 11.5. The van der Waals surface area contributed by atoms with E-state index in [4.69, 9.17) is 25.8 Å². The Morgan fingerprint density at radius 3 is 2.10 bits per heavy atom. The highest BCUT2D eigenvalue weighted by molar-refractivity contribution is 6.17. The molecule has 0 unspecified atom stereocenters. The fraction of sp³-hybridized carbons (Fsp3) is 0.750. The summed E-state index contributed by atoms with van der Waals surface area (Å²) in [5, 5.41) is 0. The van der Waals surface area contributed by atoms with E-state index < -0.39 is 30.1 Å². The summed E-state index contributed by atoms with van der Waals surface area (Å²) in [7, 11) is 0. The van der Waals surface area contributed by atoms with Gasteiger partial charge in [-0.15, -0.1) is 11.6 Å². The molecule has 0 saturated carbocycles. The normalized spacial score (nSPS) is 13.2. The van der Waals surface area contributed by atoms with Gasteiger partial charge in [-0.05, 0) is 13.8 Å². The first-order chi connectivity index (χ1) is 9.38. The molecule has 0 fully saturated rings. The first-order valence-electron chi connectivity index (χ1n) is 6.06. The van der Waals surface area contributed by atoms with Crippen LogP contribution in [0.1, 0.15) is 20.8 Å². The molecule has 7 nitrogen and oxygen atoms in total. The molecule has 0 aliphatic carbocycles. The number of carbonyl (C=O) groups is 3. The van der Waals surface area contributed by atoms with Gasteiger partial charge in [-0.1, -0.05) is 0 Å². The van der Waals surface area contributed by atoms with Crippen LogP contribution in [-0.2, 0) is 33.3 Å². The summed E-state index contributed by atoms with van der Waals surface area (Å²) in [6.45, 7) is 4.49. The lowest BCUT2D eigenvalue weighted by molar-refractivity contribution is -0.176. The third-order valence-corrected chi connectivity index (χ3v) is 2.15. The summed E-state index contributed by atoms with van der Waals surface area (Å²) in [4.78, 5) is 33.6. The minimum atomic E-state index is -1.09. The molecule has 0 N–H and O–H groups in total. The van der Waals surface area contributed by atoms with Crippen molar-refractivity contribution in [2.24, 2.45) is 0 Å². The van der Waals surface area contributed by atoms with Gasteiger partial charge >= 0.3 is 17.9 Å². The first-order valence-corrected chi connectivity index (χ1v) is 6.60. The molecule has 8 heteroatoms. The summed E-state index contributed by atoms with van der Waals surface area (Å²) < 4.78 is 19.2. The first kappa shape index (κ1) is 18.7. The fourth-order valence-electron chi connectivity index (χ4n) is 1.09. The molecule has 0 radical (unpaired) electrons. The van der Waals surface area contributed by atoms with Crippen molar-refractivity contribution in [3.05, 3.63) is 0 Å². The second-order valence-corrected chi connectivity index (χ2v) is 4.18. The lowest BCUT2D eigenvalue weighted by atomic mass is 10.3. The van der Waals surface area contributed by atoms with Crippen LogP contribution in [0.2, 0.25) is 0 Å². The SMILES string of the molecule is CC(=O)O[C@@H](C)C(=O)O[C@@H](C)C(=O)OCCOCCCl. The molecule has 0 aliphatic rings. The third-order valence-electron chi connectivity index (χ3n) is 1.99. The van der Waals surface area contributed by atoms with Crippen LogP contribution in [0.15, 0.2) is 0 Å². The molecular formula is C12H19ClO7. The predicted molar refractivity (Wildman–Crippen MR) is 69.3 cm³/mol. The number of ether oxygens (including phenoxy) is 4. The number of hydrogen-bond acceptors (Lipinski definition) is 7. The van der Waals surface area contributed by atoms with Crippen LogP contribution in [0.4, 0.5) is 0 Å². The van der Waals surface area contributed by atoms with E-state index >= 15 is 0 Å². The second kappa shape index (κ2) is 10.4. The third kappa shape index (κ3) is 8.71. The van der Waals surface area contributed by atoms with E-state index in [-0.39, 0.29) is 13.2 Å². The Morgan fingerprint density at radius 1 is 0.950 bits per heavy atom. The number of carbonyl (C=O) groups excluding carboxylic acids is 3. The molecular weight excluding hydrogens is 292 g/mol. The summed E-state index contributed by atoms with van der Waals surface area (Å²) in [6.07, 6.45) is -2.16. The van der Waals surface area contributed by atoms with Gasteiger partial charge in [-0.3, -0.25) is 4.79 Å². The van der Waals surface area contributed by atoms with Crippen LogP contribution in [-0.4, -0.2) is 55.8 Å². The second-order valence-electron chi connectivity index (χ2n) is 3.80. The molecule has 0 spiro atoms. The summed E-state index contributed by atoms with van der Waals surface area (Å²) in [5.74, 6) is -1.78. The van der Waals surface area contributed by atoms with Gasteiger partial charge < -0.3 is 18.9 Å². The minimum absolute atomic E-state index is 0.0388. The molecule has 0 aromatic heterocycles. The maximum atomic E-state index is 11.5. The van der Waals surface area contributed by atoms with Crippen molar-refractivity contribution in [3.8, 4) is 0 Å². The summed E-state index contributed by atoms with van der Waals surface area (Å²) >= 11 is 5.39. The van der Waals surface area contributed by atoms with Gasteiger partial charge in [0, 0.05) is 12.8 Å². The van der Waals surface area contributed by atoms with Gasteiger partial charge in [0.2, 0.25) is 0 Å². The van der Waals surface area contributed by atoms with Gasteiger partial charge in [-0.2, -0.15) is 0 Å². The molecule has 0 heterocycles. The van der Waals surface area contributed by atoms with Gasteiger partial charge in [0.25, 0.3) is 0 Å². The van der Waals surface area contributed by atoms with Crippen molar-refractivity contribution in [3.63, 3.8) is 0 Å². The fourth-order valence-corrected chi connectivity index (χ4v) is 1.20. The zero-order valence-electron chi connectivity index (χ0n) is 11.7. The Balaban J connectivity index is 3.94. The Hall–Kier alpha value is -1.34. The van der Waals surface area contributed by atoms with Gasteiger partial charge in [0.15, 0.2) is 12.2 Å². The smallest absolute Gasteiger partial charge is 0.347 e. The van der Waals surface area contributed by atoms with Gasteiger partial charge in [0.05, 0.1) is 13.2 Å². The Morgan fingerprint density at radius 2 is 1.55 bits per heavy atom. The molecule has 0 rings (SSSR count). The molecule has 0 aromatic carbocycles. The molecule has 2 atom stereocenters. The molecule has 0 aromatic rings. The van der Waals surface area contributed by atoms with Crippen molar-refractivity contribution in [2.75, 3.05) is 25.7 Å². The lowest BCUT2D eigenvalue weighted by Crippen LogP contribution is -2.33. The Labute approximate surface area is 122 Å². The van der Waals surface area contributed by atoms with Crippen molar-refractivity contribution in [2.45, 2.75) is 33.0 Å². The van der Waals surface area contributed by atoms with Crippen molar-refractivity contribution < 1.29 is 33.3 Å². The molecule has 0 aliphatic heterocycles. The topological polar surface area (TPSA) is 88.1 Å². The minimum Gasteiger partial charge on any atom is -0.461 e. The number of halogens is 1. The average Bonchev–Trinajstić information content (AvgIpc) is 2.37. The average molecular weight is 311 g/mol. The zero-order chi connectivity index (χ0) is 15.5. The molecule has 116 valence electrons. The summed E-state index contributed by atoms with van der Waals surface area (Å²) in [5.41, 5.74) is 0. The number of hydrogen-bond donors (Lipinski definition) is 0. The van der Waals surface area contributed by atoms with Crippen LogP contribution in [0, 0.1) is 0 Å². The zero-order valence-corrected chi connectivity index (χ0v) is 12.5. The van der Waals surface area contributed by atoms with E-state index in [9.17, 15) is 14.4 Å². The molecule has 0 amide bonds. The highest BCUT2D eigenvalue weighted by atomic mass is 35.5. The Kier molecular flexibility index (Phi) is 9.75. The molecule has 0 saturated heterocycles. The summed E-state index contributed by atoms with van der Waals surface area (Å²) in [6, 6.07) is 0. The number of esters is 3. The van der Waals surface area contributed by atoms with E-state index in [0.717, 1.165) is 0 Å². The van der Waals surface area contributed by atoms with Crippen LogP contribution in [0.5, 0.6) is 0 Å². The van der Waals surface area contributed by atoms with Gasteiger partial charge in [-0.25, -0.2) is 9.59 Å². The highest BCUT2D eigenvalue weighted by Gasteiger charge is 2.24. The van der Waals surface area contributed by atoms with E-state index in [1.807, 2.05) is 0 Å². The molecule has 20 heavy (non-hydrogen) atoms. The Bertz CT molecular complexity index is 332. The predicted octanol–water partition coefficient (Wildman–Crippen LogP) is 0.668. The maximum Gasteiger partial charge on any atom is 0.347 e. The highest BCUT2D eigenvalue weighted by Crippen LogP contribution is 2.01. The van der Waals surface area contributed by atoms with Gasteiger partial charge in [0.1, 0.15) is 6.61 Å². The van der Waals surface area contributed by atoms with E-state index in [1.165, 1.54) is 20.8 Å². The van der Waals surface area contributed by atoms with Crippen LogP contribution < -0.4 is 0 Å². The number of alkyl halides is 1. The standard InChI is InChI=1S/C12H19ClO7/c1-8(11(15)18-7-6-17-5-4-13)20-12(16)9(2)19-10(3)14/h8-9H,4-7H2,1-3H3/t8-,9-/m0/s1. The molecule has 0 bridgehead atoms. The van der Waals surface area contributed by atoms with E-state index in [2.05, 4.69) is 4.74 Å². The van der Waals surface area contributed by atoms with Crippen molar-refractivity contribution in [1.82, 2.24) is 0 Å². The quantitative estimate of drug-likeness (QED) is 0.267. The monoisotopic (exact) mass is 310 g/mol. The van der Waals surface area contributed by atoms with Crippen LogP contribution in [0.3, 0.4) is 0 Å². The van der Waals surface area contributed by atoms with Crippen LogP contribution >= 0.6 is 11.6 Å². The van der Waals surface area contributed by atoms with Crippen LogP contribution in [0.25, 0.3) is 0 Å². The van der Waals surface area contributed by atoms with Crippen molar-refractivity contribution in [1.29, 1.82) is 0 Å². The van der Waals surface area contributed by atoms with E-state index in [1.54, 1.807) is 0 Å². The van der Waals surface area contributed by atoms with E-state index in [0.29, 0.717) is 12.5 Å². The lowest BCUT2D eigenvalue weighted by Gasteiger charge is -2.15.